The first-order chi connectivity index (χ1) is 25.1. The van der Waals surface area contributed by atoms with Gasteiger partial charge in [0.2, 0.25) is 0 Å². The van der Waals surface area contributed by atoms with Crippen molar-refractivity contribution in [1.29, 1.82) is 0 Å². The Morgan fingerprint density at radius 3 is 1.19 bits per heavy atom. The predicted molar refractivity (Wildman–Crippen MR) is 211 cm³/mol. The van der Waals surface area contributed by atoms with E-state index in [9.17, 15) is 13.2 Å². The number of carbonyl (C=O) groups excluding carboxylic acids is 1. The second-order valence-corrected chi connectivity index (χ2v) is 19.1. The summed E-state index contributed by atoms with van der Waals surface area (Å²) in [6.07, 6.45) is 1.86. The molecule has 2 bridgehead atoms. The van der Waals surface area contributed by atoms with Gasteiger partial charge in [-0.25, -0.2) is 3.63 Å². The summed E-state index contributed by atoms with van der Waals surface area (Å²) in [6.45, 7) is 4.14. The fraction of sp³-hybridized carbons (Fsp3) is 0.196. The molecule has 6 aromatic carbocycles. The Balaban J connectivity index is 1.31. The zero-order valence-electron chi connectivity index (χ0n) is 29.4. The summed E-state index contributed by atoms with van der Waals surface area (Å²) in [6, 6.07) is 54.8. The average molecular weight is 723 g/mol. The molecule has 2 aliphatic carbocycles. The van der Waals surface area contributed by atoms with E-state index >= 15 is 0 Å². The summed E-state index contributed by atoms with van der Waals surface area (Å²) < 4.78 is 36.6. The maximum absolute atomic E-state index is 14.8. The molecule has 52 heavy (non-hydrogen) atoms. The first kappa shape index (κ1) is 34.3. The number of carbonyl (C=O) groups is 1. The van der Waals surface area contributed by atoms with E-state index in [0.29, 0.717) is 12.8 Å². The van der Waals surface area contributed by atoms with Crippen LogP contribution in [0.1, 0.15) is 33.1 Å². The summed E-state index contributed by atoms with van der Waals surface area (Å²) in [7, 11) is -7.19. The molecule has 0 aliphatic heterocycles. The molecule has 4 nitrogen and oxygen atoms in total. The minimum atomic E-state index is -4.29. The fourth-order valence-corrected chi connectivity index (χ4v) is 14.6. The van der Waals surface area contributed by atoms with Gasteiger partial charge in [-0.05, 0) is 104 Å². The van der Waals surface area contributed by atoms with E-state index in [1.54, 1.807) is 0 Å². The molecule has 8 rings (SSSR count). The van der Waals surface area contributed by atoms with Gasteiger partial charge in [-0.15, -0.1) is 0 Å². The molecular formula is C46H42O4S2. The van der Waals surface area contributed by atoms with Gasteiger partial charge in [-0.1, -0.05) is 141 Å². The van der Waals surface area contributed by atoms with Gasteiger partial charge in [0.25, 0.3) is 10.1 Å². The fourth-order valence-electron chi connectivity index (χ4n) is 8.52. The maximum Gasteiger partial charge on any atom is 0.278 e. The number of benzene rings is 6. The average Bonchev–Trinajstić information content (AvgIpc) is 3.53. The van der Waals surface area contributed by atoms with E-state index in [1.807, 2.05) is 127 Å². The molecule has 0 amide bonds. The molecule has 0 N–H and O–H groups in total. The van der Waals surface area contributed by atoms with Crippen LogP contribution < -0.4 is 0 Å². The zero-order chi connectivity index (χ0) is 36.0. The van der Waals surface area contributed by atoms with Gasteiger partial charge in [-0.3, -0.25) is 4.79 Å². The van der Waals surface area contributed by atoms with Gasteiger partial charge in [0.05, 0.1) is 11.2 Å². The summed E-state index contributed by atoms with van der Waals surface area (Å²) in [5.41, 5.74) is 4.88. The van der Waals surface area contributed by atoms with Crippen LogP contribution in [0.15, 0.2) is 178 Å². The molecule has 2 saturated carbocycles. The number of ketones is 1. The number of hydrogen-bond acceptors (Lipinski definition) is 4. The van der Waals surface area contributed by atoms with Gasteiger partial charge in [-0.2, -0.15) is 8.42 Å². The molecule has 0 aromatic heterocycles. The topological polar surface area (TPSA) is 60.4 Å². The highest BCUT2D eigenvalue weighted by Gasteiger charge is 2.65. The van der Waals surface area contributed by atoms with Gasteiger partial charge >= 0.3 is 0 Å². The number of hydrogen-bond donors (Lipinski definition) is 0. The molecule has 0 radical (unpaired) electrons. The van der Waals surface area contributed by atoms with Crippen LogP contribution in [0.25, 0.3) is 33.4 Å². The van der Waals surface area contributed by atoms with Crippen LogP contribution >= 0.6 is 10.3 Å². The standard InChI is InChI=1S/C46H42O4S2/c1-45(2)40-30-31-46(45,44(47)32-40)33-51(48,49)50-52(41-24-18-37(19-25-41)34-12-6-3-7-13-34,42-26-20-38(21-27-42)35-14-8-4-9-15-35)43-28-22-39(23-29-43)36-16-10-5-11-17-36/h3-29,40H,30-33H2,1-2H3. The molecule has 0 heterocycles. The lowest BCUT2D eigenvalue weighted by Crippen LogP contribution is -2.42. The lowest BCUT2D eigenvalue weighted by molar-refractivity contribution is -0.128. The predicted octanol–water partition coefficient (Wildman–Crippen LogP) is 11.6. The molecule has 2 fully saturated rings. The normalized spacial score (nSPS) is 19.8. The van der Waals surface area contributed by atoms with E-state index in [4.69, 9.17) is 3.63 Å². The SMILES string of the molecule is CC1(C)C2CCC1(CS(=O)(=O)OS(c1ccc(-c3ccccc3)cc1)(c1ccc(-c3ccccc3)cc1)c1ccc(-c3ccccc3)cc1)C(=O)C2. The molecule has 262 valence electrons. The van der Waals surface area contributed by atoms with Crippen molar-refractivity contribution in [3.63, 3.8) is 0 Å². The first-order valence-electron chi connectivity index (χ1n) is 17.9. The summed E-state index contributed by atoms with van der Waals surface area (Å²) in [5, 5.41) is 0. The van der Waals surface area contributed by atoms with Gasteiger partial charge in [0.15, 0.2) is 0 Å². The highest BCUT2D eigenvalue weighted by Crippen LogP contribution is 2.71. The minimum Gasteiger partial charge on any atom is -0.299 e. The summed E-state index contributed by atoms with van der Waals surface area (Å²) >= 11 is 0. The van der Waals surface area contributed by atoms with Crippen molar-refractivity contribution in [1.82, 2.24) is 0 Å². The number of rotatable bonds is 10. The maximum atomic E-state index is 14.8. The molecule has 6 heteroatoms. The Labute approximate surface area is 309 Å². The highest BCUT2D eigenvalue weighted by molar-refractivity contribution is 8.33. The van der Waals surface area contributed by atoms with Crippen LogP contribution in [0.4, 0.5) is 0 Å². The highest BCUT2D eigenvalue weighted by atomic mass is 32.3. The van der Waals surface area contributed by atoms with E-state index in [-0.39, 0.29) is 17.5 Å². The third kappa shape index (κ3) is 5.93. The van der Waals surface area contributed by atoms with Crippen LogP contribution in [0, 0.1) is 16.7 Å². The Bertz CT molecular complexity index is 2100. The lowest BCUT2D eigenvalue weighted by atomic mass is 9.70. The van der Waals surface area contributed by atoms with Crippen molar-refractivity contribution < 1.29 is 16.8 Å². The van der Waals surface area contributed by atoms with Crippen molar-refractivity contribution in [3.8, 4) is 33.4 Å². The Kier molecular flexibility index (Phi) is 8.81. The van der Waals surface area contributed by atoms with Crippen molar-refractivity contribution in [2.24, 2.45) is 16.7 Å². The third-order valence-corrected chi connectivity index (χ3v) is 16.9. The Morgan fingerprint density at radius 1 is 0.538 bits per heavy atom. The second-order valence-electron chi connectivity index (χ2n) is 14.7. The quantitative estimate of drug-likeness (QED) is 0.141. The largest absolute Gasteiger partial charge is 0.299 e. The zero-order valence-corrected chi connectivity index (χ0v) is 31.1. The molecule has 2 aliphatic rings. The van der Waals surface area contributed by atoms with Crippen molar-refractivity contribution >= 4 is 26.2 Å². The van der Waals surface area contributed by atoms with Crippen LogP contribution in [0.5, 0.6) is 0 Å². The van der Waals surface area contributed by atoms with Crippen LogP contribution in [0.2, 0.25) is 0 Å². The lowest BCUT2D eigenvalue weighted by Gasteiger charge is -2.42. The molecule has 2 unspecified atom stereocenters. The van der Waals surface area contributed by atoms with E-state index in [1.165, 1.54) is 0 Å². The molecule has 6 aromatic rings. The summed E-state index contributed by atoms with van der Waals surface area (Å²) in [4.78, 5) is 15.9. The van der Waals surface area contributed by atoms with Crippen LogP contribution in [-0.4, -0.2) is 20.0 Å². The first-order valence-corrected chi connectivity index (χ1v) is 21.0. The Hall–Kier alpha value is -4.75. The van der Waals surface area contributed by atoms with E-state index in [2.05, 4.69) is 50.2 Å². The molecular weight excluding hydrogens is 681 g/mol. The van der Waals surface area contributed by atoms with Gasteiger partial charge in [0.1, 0.15) is 5.78 Å². The summed E-state index contributed by atoms with van der Waals surface area (Å²) in [5.74, 6) is -0.0920. The second kappa shape index (κ2) is 13.3. The van der Waals surface area contributed by atoms with E-state index < -0.39 is 31.3 Å². The molecule has 2 atom stereocenters. The van der Waals surface area contributed by atoms with Crippen LogP contribution in [0.3, 0.4) is 0 Å². The third-order valence-electron chi connectivity index (χ3n) is 11.6. The van der Waals surface area contributed by atoms with Gasteiger partial charge in [0, 0.05) is 21.1 Å². The van der Waals surface area contributed by atoms with Crippen LogP contribution in [-0.2, 0) is 18.5 Å². The molecule has 0 saturated heterocycles. The van der Waals surface area contributed by atoms with Crippen molar-refractivity contribution in [2.45, 2.75) is 47.8 Å². The van der Waals surface area contributed by atoms with E-state index in [0.717, 1.165) is 54.5 Å². The monoisotopic (exact) mass is 722 g/mol. The van der Waals surface area contributed by atoms with Crippen molar-refractivity contribution in [2.75, 3.05) is 5.75 Å². The molecule has 0 spiro atoms. The van der Waals surface area contributed by atoms with Gasteiger partial charge < -0.3 is 0 Å². The van der Waals surface area contributed by atoms with Crippen molar-refractivity contribution in [3.05, 3.63) is 164 Å². The Morgan fingerprint density at radius 2 is 0.885 bits per heavy atom. The number of Topliss-reactive ketones (excluding diaryl/α,β-unsaturated/α-hetero) is 1. The number of fused-ring (bicyclic) bond motifs is 2. The smallest absolute Gasteiger partial charge is 0.278 e. The minimum absolute atomic E-state index is 0.0492.